The third kappa shape index (κ3) is 3.59. The monoisotopic (exact) mass is 225 g/mol. The second-order valence-electron chi connectivity index (χ2n) is 2.88. The van der Waals surface area contributed by atoms with Crippen LogP contribution in [0.4, 0.5) is 5.69 Å². The molecule has 4 nitrogen and oxygen atoms in total. The van der Waals surface area contributed by atoms with E-state index in [0.717, 1.165) is 5.69 Å². The lowest BCUT2D eigenvalue weighted by Crippen LogP contribution is -2.19. The Morgan fingerprint density at radius 2 is 2.40 bits per heavy atom. The van der Waals surface area contributed by atoms with E-state index < -0.39 is 0 Å². The standard InChI is InChI=1S/C10H12ClN3O/c1-7(11)6-14-8-3-4-13-9(5-8)10(15)12-2/h3-5H,1,6H2,2H3,(H,12,15)(H,13,14). The Balaban J connectivity index is 2.74. The predicted molar refractivity (Wildman–Crippen MR) is 61.1 cm³/mol. The Hall–Kier alpha value is -1.55. The van der Waals surface area contributed by atoms with Gasteiger partial charge >= 0.3 is 0 Å². The highest BCUT2D eigenvalue weighted by atomic mass is 35.5. The van der Waals surface area contributed by atoms with Crippen LogP contribution in [-0.2, 0) is 0 Å². The minimum Gasteiger partial charge on any atom is -0.380 e. The molecule has 1 amide bonds. The van der Waals surface area contributed by atoms with Crippen molar-refractivity contribution in [2.75, 3.05) is 18.9 Å². The number of pyridine rings is 1. The fourth-order valence-electron chi connectivity index (χ4n) is 0.991. The molecule has 0 aliphatic heterocycles. The summed E-state index contributed by atoms with van der Waals surface area (Å²) in [5.74, 6) is -0.219. The van der Waals surface area contributed by atoms with Gasteiger partial charge < -0.3 is 10.6 Å². The zero-order valence-electron chi connectivity index (χ0n) is 8.38. The molecule has 15 heavy (non-hydrogen) atoms. The van der Waals surface area contributed by atoms with Crippen molar-refractivity contribution in [3.63, 3.8) is 0 Å². The lowest BCUT2D eigenvalue weighted by Gasteiger charge is -2.05. The number of carbonyl (C=O) groups excluding carboxylic acids is 1. The van der Waals surface area contributed by atoms with Gasteiger partial charge in [-0.3, -0.25) is 9.78 Å². The number of rotatable bonds is 4. The molecule has 5 heteroatoms. The molecule has 80 valence electrons. The Morgan fingerprint density at radius 1 is 1.67 bits per heavy atom. The van der Waals surface area contributed by atoms with Crippen LogP contribution in [0.25, 0.3) is 0 Å². The number of hydrogen-bond acceptors (Lipinski definition) is 3. The van der Waals surface area contributed by atoms with Gasteiger partial charge in [0.2, 0.25) is 0 Å². The Morgan fingerprint density at radius 3 is 3.00 bits per heavy atom. The van der Waals surface area contributed by atoms with Crippen molar-refractivity contribution >= 4 is 23.2 Å². The summed E-state index contributed by atoms with van der Waals surface area (Å²) >= 11 is 5.61. The van der Waals surface area contributed by atoms with E-state index in [4.69, 9.17) is 11.6 Å². The molecule has 0 aromatic carbocycles. The Bertz CT molecular complexity index is 379. The van der Waals surface area contributed by atoms with Crippen LogP contribution >= 0.6 is 11.6 Å². The molecule has 0 spiro atoms. The van der Waals surface area contributed by atoms with E-state index in [1.54, 1.807) is 25.4 Å². The van der Waals surface area contributed by atoms with Crippen LogP contribution in [0.5, 0.6) is 0 Å². The van der Waals surface area contributed by atoms with Crippen molar-refractivity contribution in [1.82, 2.24) is 10.3 Å². The summed E-state index contributed by atoms with van der Waals surface area (Å²) in [6.07, 6.45) is 1.56. The van der Waals surface area contributed by atoms with Crippen LogP contribution in [0, 0.1) is 0 Å². The average Bonchev–Trinajstić information content (AvgIpc) is 2.25. The maximum absolute atomic E-state index is 11.3. The number of anilines is 1. The molecule has 0 radical (unpaired) electrons. The first-order valence-corrected chi connectivity index (χ1v) is 4.76. The van der Waals surface area contributed by atoms with Crippen LogP contribution < -0.4 is 10.6 Å². The second-order valence-corrected chi connectivity index (χ2v) is 3.41. The SMILES string of the molecule is C=C(Cl)CNc1ccnc(C(=O)NC)c1. The van der Waals surface area contributed by atoms with E-state index in [2.05, 4.69) is 22.2 Å². The summed E-state index contributed by atoms with van der Waals surface area (Å²) in [6.45, 7) is 4.01. The Kier molecular flexibility index (Phi) is 4.12. The number of carbonyl (C=O) groups is 1. The lowest BCUT2D eigenvalue weighted by atomic mass is 10.3. The van der Waals surface area contributed by atoms with Gasteiger partial charge in [0.25, 0.3) is 5.91 Å². The molecule has 1 rings (SSSR count). The first-order valence-electron chi connectivity index (χ1n) is 4.38. The highest BCUT2D eigenvalue weighted by Gasteiger charge is 2.04. The van der Waals surface area contributed by atoms with E-state index >= 15 is 0 Å². The second kappa shape index (κ2) is 5.36. The van der Waals surface area contributed by atoms with Crippen molar-refractivity contribution in [2.45, 2.75) is 0 Å². The van der Waals surface area contributed by atoms with Gasteiger partial charge in [0.05, 0.1) is 6.54 Å². The van der Waals surface area contributed by atoms with Gasteiger partial charge in [0, 0.05) is 24.0 Å². The van der Waals surface area contributed by atoms with E-state index in [9.17, 15) is 4.79 Å². The fourth-order valence-corrected chi connectivity index (χ4v) is 1.06. The normalized spacial score (nSPS) is 9.47. The average molecular weight is 226 g/mol. The summed E-state index contributed by atoms with van der Waals surface area (Å²) < 4.78 is 0. The van der Waals surface area contributed by atoms with Gasteiger partial charge in [0.1, 0.15) is 5.69 Å². The van der Waals surface area contributed by atoms with Gasteiger partial charge in [-0.05, 0) is 12.1 Å². The molecular formula is C10H12ClN3O. The van der Waals surface area contributed by atoms with Crippen LogP contribution in [0.2, 0.25) is 0 Å². The molecule has 0 atom stereocenters. The van der Waals surface area contributed by atoms with Crippen molar-refractivity contribution in [1.29, 1.82) is 0 Å². The van der Waals surface area contributed by atoms with Crippen molar-refractivity contribution in [2.24, 2.45) is 0 Å². The summed E-state index contributed by atoms with van der Waals surface area (Å²) in [6, 6.07) is 3.41. The van der Waals surface area contributed by atoms with E-state index in [0.29, 0.717) is 17.3 Å². The van der Waals surface area contributed by atoms with E-state index in [1.165, 1.54) is 0 Å². The van der Waals surface area contributed by atoms with Crippen LogP contribution in [0.15, 0.2) is 29.9 Å². The number of halogens is 1. The molecule has 0 unspecified atom stereocenters. The largest absolute Gasteiger partial charge is 0.380 e. The van der Waals surface area contributed by atoms with E-state index in [1.807, 2.05) is 0 Å². The zero-order chi connectivity index (χ0) is 11.3. The molecule has 0 saturated heterocycles. The molecule has 1 heterocycles. The number of aromatic nitrogens is 1. The molecule has 2 N–H and O–H groups in total. The third-order valence-corrected chi connectivity index (χ3v) is 1.84. The summed E-state index contributed by atoms with van der Waals surface area (Å²) in [4.78, 5) is 15.2. The van der Waals surface area contributed by atoms with Crippen LogP contribution in [-0.4, -0.2) is 24.5 Å². The van der Waals surface area contributed by atoms with Gasteiger partial charge in [-0.15, -0.1) is 0 Å². The molecule has 0 bridgehead atoms. The number of amides is 1. The van der Waals surface area contributed by atoms with Crippen LogP contribution in [0.3, 0.4) is 0 Å². The number of hydrogen-bond donors (Lipinski definition) is 2. The van der Waals surface area contributed by atoms with Crippen molar-refractivity contribution < 1.29 is 4.79 Å². The third-order valence-electron chi connectivity index (χ3n) is 1.70. The Labute approximate surface area is 93.4 Å². The van der Waals surface area contributed by atoms with Gasteiger partial charge in [0.15, 0.2) is 0 Å². The predicted octanol–water partition coefficient (Wildman–Crippen LogP) is 1.61. The van der Waals surface area contributed by atoms with Crippen molar-refractivity contribution in [3.8, 4) is 0 Å². The number of nitrogens with zero attached hydrogens (tertiary/aromatic N) is 1. The lowest BCUT2D eigenvalue weighted by molar-refractivity contribution is 0.0958. The molecule has 0 fully saturated rings. The quantitative estimate of drug-likeness (QED) is 0.819. The minimum atomic E-state index is -0.219. The summed E-state index contributed by atoms with van der Waals surface area (Å²) in [7, 11) is 1.56. The summed E-state index contributed by atoms with van der Waals surface area (Å²) in [5, 5.41) is 6.02. The topological polar surface area (TPSA) is 54.0 Å². The highest BCUT2D eigenvalue weighted by molar-refractivity contribution is 6.29. The highest BCUT2D eigenvalue weighted by Crippen LogP contribution is 2.09. The molecule has 1 aromatic rings. The first-order chi connectivity index (χ1) is 7.13. The smallest absolute Gasteiger partial charge is 0.269 e. The van der Waals surface area contributed by atoms with Gasteiger partial charge in [-0.2, -0.15) is 0 Å². The molecule has 0 saturated carbocycles. The maximum atomic E-state index is 11.3. The maximum Gasteiger partial charge on any atom is 0.269 e. The zero-order valence-corrected chi connectivity index (χ0v) is 9.14. The summed E-state index contributed by atoms with van der Waals surface area (Å²) in [5.41, 5.74) is 1.15. The molecular weight excluding hydrogens is 214 g/mol. The molecule has 1 aromatic heterocycles. The molecule has 0 aliphatic carbocycles. The molecule has 0 aliphatic rings. The van der Waals surface area contributed by atoms with Crippen LogP contribution in [0.1, 0.15) is 10.5 Å². The minimum absolute atomic E-state index is 0.219. The first kappa shape index (κ1) is 11.5. The van der Waals surface area contributed by atoms with Gasteiger partial charge in [-0.25, -0.2) is 0 Å². The number of nitrogens with one attached hydrogen (secondary N) is 2. The van der Waals surface area contributed by atoms with Gasteiger partial charge in [-0.1, -0.05) is 18.2 Å². The van der Waals surface area contributed by atoms with E-state index in [-0.39, 0.29) is 5.91 Å². The van der Waals surface area contributed by atoms with Crippen molar-refractivity contribution in [3.05, 3.63) is 35.6 Å². The fraction of sp³-hybridized carbons (Fsp3) is 0.200.